The lowest BCUT2D eigenvalue weighted by Crippen LogP contribution is -1.98. The van der Waals surface area contributed by atoms with Crippen molar-refractivity contribution in [3.05, 3.63) is 231 Å². The summed E-state index contributed by atoms with van der Waals surface area (Å²) in [7, 11) is 0. The number of rotatable bonds is 7. The van der Waals surface area contributed by atoms with Gasteiger partial charge in [0.15, 0.2) is 5.82 Å². The first kappa shape index (κ1) is 35.6. The summed E-state index contributed by atoms with van der Waals surface area (Å²) in [5.41, 5.74) is 16.4. The molecule has 12 rings (SSSR count). The SMILES string of the molecule is c1ccc(-c2ccc(-c3cc(-c4ccccc4)nc(-c4cccc(-n5c6ccccc6c6c5ccc5c7ccccc7n(-c7ccc(-c8ccccc8)cc7)c56)c4)n3)cc2)cc1. The number of para-hydroxylation sites is 2. The monoisotopic (exact) mass is 790 g/mol. The molecule has 0 amide bonds. The number of hydrogen-bond donors (Lipinski definition) is 0. The summed E-state index contributed by atoms with van der Waals surface area (Å²) in [6.07, 6.45) is 0. The second kappa shape index (κ2) is 14.7. The fourth-order valence-corrected chi connectivity index (χ4v) is 9.22. The highest BCUT2D eigenvalue weighted by atomic mass is 15.0. The number of hydrogen-bond acceptors (Lipinski definition) is 2. The Morgan fingerprint density at radius 2 is 0.758 bits per heavy atom. The lowest BCUT2D eigenvalue weighted by atomic mass is 10.0. The molecular formula is C58H38N4. The normalized spacial score (nSPS) is 11.5. The molecule has 0 N–H and O–H groups in total. The minimum Gasteiger partial charge on any atom is -0.309 e. The number of aromatic nitrogens is 4. The van der Waals surface area contributed by atoms with Crippen molar-refractivity contribution in [2.45, 2.75) is 0 Å². The molecule has 3 heterocycles. The van der Waals surface area contributed by atoms with E-state index in [1.165, 1.54) is 54.8 Å². The molecule has 0 unspecified atom stereocenters. The van der Waals surface area contributed by atoms with E-state index in [9.17, 15) is 0 Å². The van der Waals surface area contributed by atoms with Crippen molar-refractivity contribution in [1.29, 1.82) is 0 Å². The Kier molecular flexibility index (Phi) is 8.46. The molecule has 9 aromatic carbocycles. The van der Waals surface area contributed by atoms with Gasteiger partial charge in [-0.1, -0.05) is 182 Å². The van der Waals surface area contributed by atoms with Crippen LogP contribution in [0.15, 0.2) is 231 Å². The highest BCUT2D eigenvalue weighted by Gasteiger charge is 2.21. The molecule has 3 aromatic heterocycles. The lowest BCUT2D eigenvalue weighted by molar-refractivity contribution is 1.16. The molecule has 0 bridgehead atoms. The van der Waals surface area contributed by atoms with Gasteiger partial charge in [0, 0.05) is 49.6 Å². The molecule has 0 aliphatic carbocycles. The molecule has 290 valence electrons. The Morgan fingerprint density at radius 3 is 1.40 bits per heavy atom. The highest BCUT2D eigenvalue weighted by Crippen LogP contribution is 2.42. The first-order chi connectivity index (χ1) is 30.7. The first-order valence-corrected chi connectivity index (χ1v) is 21.1. The standard InChI is InChI=1S/C58H38N4/c1-4-15-39(16-5-1)41-27-29-44(30-28-41)52-38-51(43-19-8-3-9-20-43)59-58(60-52)45-21-14-22-47(37-45)61-54-26-13-11-24-50(54)56-55(61)36-35-49-48-23-10-12-25-53(48)62(57(49)56)46-33-31-42(32-34-46)40-17-6-2-7-18-40/h1-38H. The van der Waals surface area contributed by atoms with Crippen LogP contribution in [0.25, 0.3) is 111 Å². The van der Waals surface area contributed by atoms with Crippen molar-refractivity contribution in [2.24, 2.45) is 0 Å². The summed E-state index contributed by atoms with van der Waals surface area (Å²) in [5.74, 6) is 0.678. The van der Waals surface area contributed by atoms with Gasteiger partial charge in [0.25, 0.3) is 0 Å². The predicted molar refractivity (Wildman–Crippen MR) is 258 cm³/mol. The molecule has 4 nitrogen and oxygen atoms in total. The number of fused-ring (bicyclic) bond motifs is 7. The Morgan fingerprint density at radius 1 is 0.274 bits per heavy atom. The van der Waals surface area contributed by atoms with Gasteiger partial charge in [-0.3, -0.25) is 0 Å². The van der Waals surface area contributed by atoms with Crippen LogP contribution in [0.2, 0.25) is 0 Å². The zero-order valence-electron chi connectivity index (χ0n) is 33.7. The summed E-state index contributed by atoms with van der Waals surface area (Å²) < 4.78 is 4.85. The van der Waals surface area contributed by atoms with E-state index in [0.717, 1.165) is 50.5 Å². The van der Waals surface area contributed by atoms with E-state index >= 15 is 0 Å². The topological polar surface area (TPSA) is 35.6 Å². The molecule has 0 saturated heterocycles. The molecule has 0 saturated carbocycles. The van der Waals surface area contributed by atoms with Gasteiger partial charge in [-0.2, -0.15) is 0 Å². The molecule has 0 radical (unpaired) electrons. The van der Waals surface area contributed by atoms with E-state index in [-0.39, 0.29) is 0 Å². The molecular weight excluding hydrogens is 753 g/mol. The van der Waals surface area contributed by atoms with Crippen molar-refractivity contribution in [3.63, 3.8) is 0 Å². The van der Waals surface area contributed by atoms with Crippen molar-refractivity contribution in [3.8, 4) is 67.5 Å². The average Bonchev–Trinajstić information content (AvgIpc) is 3.88. The summed E-state index contributed by atoms with van der Waals surface area (Å²) >= 11 is 0. The zero-order chi connectivity index (χ0) is 41.0. The summed E-state index contributed by atoms with van der Waals surface area (Å²) in [5, 5.41) is 4.88. The fourth-order valence-electron chi connectivity index (χ4n) is 9.22. The van der Waals surface area contributed by atoms with Crippen molar-refractivity contribution in [1.82, 2.24) is 19.1 Å². The van der Waals surface area contributed by atoms with Gasteiger partial charge in [-0.15, -0.1) is 0 Å². The predicted octanol–water partition coefficient (Wildman–Crippen LogP) is 15.0. The van der Waals surface area contributed by atoms with Crippen LogP contribution in [-0.4, -0.2) is 19.1 Å². The summed E-state index contributed by atoms with van der Waals surface area (Å²) in [4.78, 5) is 10.5. The fraction of sp³-hybridized carbons (Fsp3) is 0. The van der Waals surface area contributed by atoms with Crippen LogP contribution >= 0.6 is 0 Å². The minimum atomic E-state index is 0.678. The van der Waals surface area contributed by atoms with E-state index in [0.29, 0.717) is 5.82 Å². The van der Waals surface area contributed by atoms with E-state index in [2.05, 4.69) is 228 Å². The Labute approximate surface area is 359 Å². The third-order valence-electron chi connectivity index (χ3n) is 12.1. The van der Waals surface area contributed by atoms with Gasteiger partial charge in [-0.25, -0.2) is 9.97 Å². The Hall–Kier alpha value is -8.34. The molecule has 12 aromatic rings. The van der Waals surface area contributed by atoms with Gasteiger partial charge in [0.2, 0.25) is 0 Å². The second-order valence-corrected chi connectivity index (χ2v) is 15.8. The third kappa shape index (κ3) is 6.00. The van der Waals surface area contributed by atoms with E-state index < -0.39 is 0 Å². The maximum absolute atomic E-state index is 5.26. The second-order valence-electron chi connectivity index (χ2n) is 15.8. The van der Waals surface area contributed by atoms with Crippen LogP contribution < -0.4 is 0 Å². The van der Waals surface area contributed by atoms with Crippen LogP contribution in [0.4, 0.5) is 0 Å². The zero-order valence-corrected chi connectivity index (χ0v) is 33.7. The van der Waals surface area contributed by atoms with Crippen molar-refractivity contribution in [2.75, 3.05) is 0 Å². The molecule has 62 heavy (non-hydrogen) atoms. The summed E-state index contributed by atoms with van der Waals surface area (Å²) in [6.45, 7) is 0. The number of benzene rings is 9. The third-order valence-corrected chi connectivity index (χ3v) is 12.1. The van der Waals surface area contributed by atoms with Gasteiger partial charge < -0.3 is 9.13 Å². The highest BCUT2D eigenvalue weighted by molar-refractivity contribution is 6.26. The van der Waals surface area contributed by atoms with Crippen LogP contribution in [0.5, 0.6) is 0 Å². The lowest BCUT2D eigenvalue weighted by Gasteiger charge is -2.13. The maximum atomic E-state index is 5.26. The minimum absolute atomic E-state index is 0.678. The average molecular weight is 791 g/mol. The molecule has 0 aliphatic rings. The number of nitrogens with zero attached hydrogens (tertiary/aromatic N) is 4. The van der Waals surface area contributed by atoms with Crippen LogP contribution in [-0.2, 0) is 0 Å². The first-order valence-electron chi connectivity index (χ1n) is 21.1. The van der Waals surface area contributed by atoms with Crippen LogP contribution in [0.3, 0.4) is 0 Å². The summed E-state index contributed by atoms with van der Waals surface area (Å²) in [6, 6.07) is 82.0. The Balaban J connectivity index is 1.03. The smallest absolute Gasteiger partial charge is 0.160 e. The molecule has 0 atom stereocenters. The van der Waals surface area contributed by atoms with Crippen LogP contribution in [0.1, 0.15) is 0 Å². The quantitative estimate of drug-likeness (QED) is 0.161. The van der Waals surface area contributed by atoms with Crippen molar-refractivity contribution < 1.29 is 0 Å². The molecule has 0 fully saturated rings. The van der Waals surface area contributed by atoms with E-state index in [1.54, 1.807) is 0 Å². The Bertz CT molecular complexity index is 3590. The largest absolute Gasteiger partial charge is 0.309 e. The van der Waals surface area contributed by atoms with Gasteiger partial charge >= 0.3 is 0 Å². The van der Waals surface area contributed by atoms with Gasteiger partial charge in [0.05, 0.1) is 33.5 Å². The maximum Gasteiger partial charge on any atom is 0.160 e. The van der Waals surface area contributed by atoms with Gasteiger partial charge in [-0.05, 0) is 70.8 Å². The van der Waals surface area contributed by atoms with Crippen molar-refractivity contribution >= 4 is 43.6 Å². The molecule has 4 heteroatoms. The molecule has 0 aliphatic heterocycles. The molecule has 0 spiro atoms. The van der Waals surface area contributed by atoms with Gasteiger partial charge in [0.1, 0.15) is 0 Å². The van der Waals surface area contributed by atoms with E-state index in [1.807, 2.05) is 12.1 Å². The van der Waals surface area contributed by atoms with E-state index in [4.69, 9.17) is 9.97 Å². The van der Waals surface area contributed by atoms with Crippen LogP contribution in [0, 0.1) is 0 Å².